The Hall–Kier alpha value is -1.26. The molecular weight excluding hydrogens is 254 g/mol. The van der Waals surface area contributed by atoms with Crippen LogP contribution in [0.2, 0.25) is 5.02 Å². The van der Waals surface area contributed by atoms with Gasteiger partial charge in [0.05, 0.1) is 7.11 Å². The Balaban J connectivity index is 1.95. The molecule has 1 N–H and O–H groups in total. The van der Waals surface area contributed by atoms with Crippen LogP contribution in [0, 0.1) is 6.92 Å². The number of carbonyl (C=O) groups excluding carboxylic acids is 1. The minimum atomic E-state index is -0.270. The summed E-state index contributed by atoms with van der Waals surface area (Å²) in [5.41, 5.74) is 0.977. The standard InChI is InChI=1S/C13H16ClNO3/c1-8-5-9(3-4-11(8)14)18-10-6-12(15-7-10)13(16)17-2/h3-5,10,12,15H,6-7H2,1-2H3/t10-,12-/m0/s1. The number of hydrogen-bond donors (Lipinski definition) is 1. The van der Waals surface area contributed by atoms with Gasteiger partial charge in [-0.25, -0.2) is 0 Å². The maximum atomic E-state index is 11.4. The molecule has 0 bridgehead atoms. The molecule has 0 saturated carbocycles. The summed E-state index contributed by atoms with van der Waals surface area (Å²) in [4.78, 5) is 11.4. The molecule has 0 spiro atoms. The fourth-order valence-corrected chi connectivity index (χ4v) is 2.12. The van der Waals surface area contributed by atoms with Crippen LogP contribution in [0.1, 0.15) is 12.0 Å². The first kappa shape index (κ1) is 13.2. The fourth-order valence-electron chi connectivity index (χ4n) is 2.00. The van der Waals surface area contributed by atoms with Crippen molar-refractivity contribution in [3.8, 4) is 5.75 Å². The van der Waals surface area contributed by atoms with Crippen LogP contribution in [0.15, 0.2) is 18.2 Å². The van der Waals surface area contributed by atoms with Gasteiger partial charge in [0.1, 0.15) is 17.9 Å². The van der Waals surface area contributed by atoms with Crippen molar-refractivity contribution in [3.63, 3.8) is 0 Å². The van der Waals surface area contributed by atoms with E-state index >= 15 is 0 Å². The number of rotatable bonds is 3. The van der Waals surface area contributed by atoms with Crippen molar-refractivity contribution < 1.29 is 14.3 Å². The number of nitrogens with one attached hydrogen (secondary N) is 1. The predicted octanol–water partition coefficient (Wildman–Crippen LogP) is 1.93. The van der Waals surface area contributed by atoms with Crippen LogP contribution in [0.25, 0.3) is 0 Å². The van der Waals surface area contributed by atoms with Gasteiger partial charge in [0, 0.05) is 18.0 Å². The van der Waals surface area contributed by atoms with Gasteiger partial charge >= 0.3 is 5.97 Å². The molecule has 0 radical (unpaired) electrons. The van der Waals surface area contributed by atoms with E-state index in [2.05, 4.69) is 5.32 Å². The van der Waals surface area contributed by atoms with Gasteiger partial charge in [0.25, 0.3) is 0 Å². The van der Waals surface area contributed by atoms with Crippen molar-refractivity contribution in [3.05, 3.63) is 28.8 Å². The van der Waals surface area contributed by atoms with Gasteiger partial charge in [-0.15, -0.1) is 0 Å². The number of benzene rings is 1. The first-order valence-corrected chi connectivity index (χ1v) is 6.22. The molecule has 0 amide bonds. The minimum absolute atomic E-state index is 0.0188. The molecule has 1 aromatic rings. The summed E-state index contributed by atoms with van der Waals surface area (Å²) in [6, 6.07) is 5.27. The molecular formula is C13H16ClNO3. The van der Waals surface area contributed by atoms with Crippen molar-refractivity contribution >= 4 is 17.6 Å². The van der Waals surface area contributed by atoms with Crippen molar-refractivity contribution in [2.24, 2.45) is 0 Å². The molecule has 0 unspecified atom stereocenters. The van der Waals surface area contributed by atoms with Gasteiger partial charge in [-0.3, -0.25) is 4.79 Å². The Labute approximate surface area is 111 Å². The van der Waals surface area contributed by atoms with Crippen LogP contribution >= 0.6 is 11.6 Å². The van der Waals surface area contributed by atoms with E-state index in [1.807, 2.05) is 25.1 Å². The van der Waals surface area contributed by atoms with Crippen molar-refractivity contribution in [2.75, 3.05) is 13.7 Å². The molecule has 1 saturated heterocycles. The van der Waals surface area contributed by atoms with Crippen LogP contribution in [0.4, 0.5) is 0 Å². The summed E-state index contributed by atoms with van der Waals surface area (Å²) < 4.78 is 10.5. The largest absolute Gasteiger partial charge is 0.489 e. The molecule has 0 aliphatic carbocycles. The lowest BCUT2D eigenvalue weighted by Gasteiger charge is -2.13. The Morgan fingerprint density at radius 1 is 1.50 bits per heavy atom. The van der Waals surface area contributed by atoms with Crippen LogP contribution < -0.4 is 10.1 Å². The summed E-state index contributed by atoms with van der Waals surface area (Å²) >= 11 is 5.95. The Morgan fingerprint density at radius 2 is 2.28 bits per heavy atom. The average Bonchev–Trinajstić information content (AvgIpc) is 2.81. The third-order valence-corrected chi connectivity index (χ3v) is 3.43. The first-order chi connectivity index (χ1) is 8.60. The SMILES string of the molecule is COC(=O)[C@@H]1C[C@H](Oc2ccc(Cl)c(C)c2)CN1. The third kappa shape index (κ3) is 2.94. The highest BCUT2D eigenvalue weighted by Gasteiger charge is 2.31. The summed E-state index contributed by atoms with van der Waals surface area (Å²) in [5, 5.41) is 3.80. The molecule has 5 heteroatoms. The van der Waals surface area contributed by atoms with E-state index in [4.69, 9.17) is 21.1 Å². The van der Waals surface area contributed by atoms with Crippen LogP contribution in [0.3, 0.4) is 0 Å². The lowest BCUT2D eigenvalue weighted by atomic mass is 10.2. The summed E-state index contributed by atoms with van der Waals surface area (Å²) in [6.07, 6.45) is 0.601. The molecule has 0 aromatic heterocycles. The highest BCUT2D eigenvalue weighted by molar-refractivity contribution is 6.31. The molecule has 2 atom stereocenters. The Kier molecular flexibility index (Phi) is 4.09. The number of esters is 1. The second-order valence-corrected chi connectivity index (χ2v) is 4.78. The molecule has 1 heterocycles. The zero-order valence-corrected chi connectivity index (χ0v) is 11.2. The van der Waals surface area contributed by atoms with Crippen LogP contribution in [0.5, 0.6) is 5.75 Å². The zero-order valence-electron chi connectivity index (χ0n) is 10.4. The average molecular weight is 270 g/mol. The van der Waals surface area contributed by atoms with Crippen molar-refractivity contribution in [1.82, 2.24) is 5.32 Å². The predicted molar refractivity (Wildman–Crippen MR) is 69.0 cm³/mol. The van der Waals surface area contributed by atoms with Crippen molar-refractivity contribution in [2.45, 2.75) is 25.5 Å². The zero-order chi connectivity index (χ0) is 13.1. The van der Waals surface area contributed by atoms with E-state index in [-0.39, 0.29) is 18.1 Å². The smallest absolute Gasteiger partial charge is 0.323 e. The Bertz CT molecular complexity index is 450. The van der Waals surface area contributed by atoms with E-state index in [0.717, 1.165) is 16.3 Å². The van der Waals surface area contributed by atoms with Gasteiger partial charge < -0.3 is 14.8 Å². The molecule has 1 fully saturated rings. The number of ether oxygens (including phenoxy) is 2. The van der Waals surface area contributed by atoms with E-state index in [9.17, 15) is 4.79 Å². The second-order valence-electron chi connectivity index (χ2n) is 4.37. The van der Waals surface area contributed by atoms with E-state index < -0.39 is 0 Å². The normalized spacial score (nSPS) is 22.8. The number of carbonyl (C=O) groups is 1. The topological polar surface area (TPSA) is 47.6 Å². The molecule has 2 rings (SSSR count). The minimum Gasteiger partial charge on any atom is -0.489 e. The monoisotopic (exact) mass is 269 g/mol. The molecule has 1 aromatic carbocycles. The van der Waals surface area contributed by atoms with Crippen LogP contribution in [-0.2, 0) is 9.53 Å². The summed E-state index contributed by atoms with van der Waals surface area (Å²) in [7, 11) is 1.39. The van der Waals surface area contributed by atoms with Gasteiger partial charge in [-0.1, -0.05) is 11.6 Å². The molecule has 4 nitrogen and oxygen atoms in total. The van der Waals surface area contributed by atoms with Gasteiger partial charge in [-0.2, -0.15) is 0 Å². The van der Waals surface area contributed by atoms with Crippen molar-refractivity contribution in [1.29, 1.82) is 0 Å². The fraction of sp³-hybridized carbons (Fsp3) is 0.462. The third-order valence-electron chi connectivity index (χ3n) is 3.01. The first-order valence-electron chi connectivity index (χ1n) is 5.84. The number of aryl methyl sites for hydroxylation is 1. The highest BCUT2D eigenvalue weighted by atomic mass is 35.5. The van der Waals surface area contributed by atoms with Gasteiger partial charge in [0.15, 0.2) is 0 Å². The van der Waals surface area contributed by atoms with E-state index in [1.165, 1.54) is 7.11 Å². The lowest BCUT2D eigenvalue weighted by molar-refractivity contribution is -0.142. The quantitative estimate of drug-likeness (QED) is 0.852. The maximum Gasteiger partial charge on any atom is 0.323 e. The molecule has 1 aliphatic heterocycles. The maximum absolute atomic E-state index is 11.4. The second kappa shape index (κ2) is 5.59. The van der Waals surface area contributed by atoms with Gasteiger partial charge in [-0.05, 0) is 30.7 Å². The number of halogens is 1. The summed E-state index contributed by atoms with van der Waals surface area (Å²) in [5.74, 6) is 0.530. The number of hydrogen-bond acceptors (Lipinski definition) is 4. The molecule has 1 aliphatic rings. The lowest BCUT2D eigenvalue weighted by Crippen LogP contribution is -2.31. The summed E-state index contributed by atoms with van der Waals surface area (Å²) in [6.45, 7) is 2.57. The van der Waals surface area contributed by atoms with Gasteiger partial charge in [0.2, 0.25) is 0 Å². The number of methoxy groups -OCH3 is 1. The van der Waals surface area contributed by atoms with E-state index in [1.54, 1.807) is 0 Å². The highest BCUT2D eigenvalue weighted by Crippen LogP contribution is 2.23. The molecule has 98 valence electrons. The molecule has 18 heavy (non-hydrogen) atoms. The van der Waals surface area contributed by atoms with Crippen LogP contribution in [-0.4, -0.2) is 31.8 Å². The van der Waals surface area contributed by atoms with E-state index in [0.29, 0.717) is 13.0 Å². The Morgan fingerprint density at radius 3 is 2.94 bits per heavy atom.